The highest BCUT2D eigenvalue weighted by molar-refractivity contribution is 8.01. The molecular weight excluding hydrogens is 861 g/mol. The quantitative estimate of drug-likeness (QED) is 0.0218. The summed E-state index contributed by atoms with van der Waals surface area (Å²) in [5.41, 5.74) is 13.0. The first-order valence-corrected chi connectivity index (χ1v) is 21.9. The van der Waals surface area contributed by atoms with E-state index in [4.69, 9.17) is 18.9 Å². The van der Waals surface area contributed by atoms with E-state index in [0.717, 1.165) is 10.5 Å². The maximum atomic E-state index is 14.6. The van der Waals surface area contributed by atoms with Crippen LogP contribution in [0.2, 0.25) is 0 Å². The molecule has 14 nitrogen and oxygen atoms in total. The van der Waals surface area contributed by atoms with Gasteiger partial charge in [-0.2, -0.15) is 4.79 Å². The molecule has 330 valence electrons. The number of carbonyl (C=O) groups excluding carboxylic acids is 5. The topological polar surface area (TPSA) is 191 Å². The minimum Gasteiger partial charge on any atom is -0.452 e. The van der Waals surface area contributed by atoms with Crippen LogP contribution in [0.5, 0.6) is 5.75 Å². The number of fused-ring (bicyclic) bond motifs is 1. The van der Waals surface area contributed by atoms with Crippen molar-refractivity contribution in [3.05, 3.63) is 226 Å². The van der Waals surface area contributed by atoms with E-state index in [9.17, 15) is 33.7 Å². The number of β-lactam (4-membered cyclic amide) rings is 1. The van der Waals surface area contributed by atoms with E-state index in [1.54, 1.807) is 133 Å². The Morgan fingerprint density at radius 3 is 1.62 bits per heavy atom. The van der Waals surface area contributed by atoms with Crippen LogP contribution in [0.15, 0.2) is 187 Å². The molecule has 3 unspecified atom stereocenters. The molecule has 0 spiro atoms. The molecule has 4 atom stereocenters. The zero-order valence-corrected chi connectivity index (χ0v) is 36.0. The molecule has 8 rings (SSSR count). The molecular formula is C51H40N4O10S. The van der Waals surface area contributed by atoms with E-state index in [1.165, 1.54) is 31.2 Å². The van der Waals surface area contributed by atoms with E-state index in [1.807, 2.05) is 18.2 Å². The van der Waals surface area contributed by atoms with Crippen molar-refractivity contribution in [3.63, 3.8) is 0 Å². The molecule has 2 amide bonds. The first-order valence-electron chi connectivity index (χ1n) is 20.7. The molecule has 0 radical (unpaired) electrons. The summed E-state index contributed by atoms with van der Waals surface area (Å²) in [6.07, 6.45) is -2.88. The number of ether oxygens (including phenoxy) is 4. The second kappa shape index (κ2) is 20.1. The van der Waals surface area contributed by atoms with Crippen LogP contribution in [0.3, 0.4) is 0 Å². The van der Waals surface area contributed by atoms with E-state index in [-0.39, 0.29) is 29.2 Å². The Kier molecular flexibility index (Phi) is 13.5. The molecule has 2 aliphatic rings. The van der Waals surface area contributed by atoms with Crippen LogP contribution in [0.1, 0.15) is 58.4 Å². The van der Waals surface area contributed by atoms with Crippen LogP contribution in [0, 0.1) is 0 Å². The fourth-order valence-electron chi connectivity index (χ4n) is 7.68. The lowest BCUT2D eigenvalue weighted by Gasteiger charge is -2.47. The van der Waals surface area contributed by atoms with Crippen molar-refractivity contribution in [1.82, 2.24) is 10.2 Å². The number of amides is 2. The smallest absolute Gasteiger partial charge is 0.452 e. The Hall–Kier alpha value is -8.26. The van der Waals surface area contributed by atoms with Crippen molar-refractivity contribution in [3.8, 4) is 5.75 Å². The summed E-state index contributed by atoms with van der Waals surface area (Å²) in [7, 11) is -2.29. The molecule has 2 heterocycles. The Bertz CT molecular complexity index is 2780. The summed E-state index contributed by atoms with van der Waals surface area (Å²) in [6, 6.07) is 48.5. The van der Waals surface area contributed by atoms with Crippen molar-refractivity contribution in [1.29, 1.82) is 0 Å². The number of hydrogen-bond donors (Lipinski definition) is 1. The molecule has 1 N–H and O–H groups in total. The highest BCUT2D eigenvalue weighted by Crippen LogP contribution is 2.39. The van der Waals surface area contributed by atoms with E-state index < -0.39 is 75.3 Å². The van der Waals surface area contributed by atoms with Gasteiger partial charge >= 0.3 is 23.1 Å². The molecule has 66 heavy (non-hydrogen) atoms. The molecule has 0 bridgehead atoms. The lowest BCUT2D eigenvalue weighted by atomic mass is 9.95. The summed E-state index contributed by atoms with van der Waals surface area (Å²) in [6.45, 7) is 1.34. The second-order valence-electron chi connectivity index (χ2n) is 15.1. The van der Waals surface area contributed by atoms with Gasteiger partial charge in [0.2, 0.25) is 5.91 Å². The summed E-state index contributed by atoms with van der Waals surface area (Å²) < 4.78 is 36.8. The van der Waals surface area contributed by atoms with Gasteiger partial charge in [0.25, 0.3) is 5.91 Å². The van der Waals surface area contributed by atoms with Crippen molar-refractivity contribution in [2.45, 2.75) is 43.1 Å². The summed E-state index contributed by atoms with van der Waals surface area (Å²) in [4.78, 5) is 74.2. The molecule has 6 aromatic carbocycles. The van der Waals surface area contributed by atoms with Gasteiger partial charge < -0.3 is 29.8 Å². The Morgan fingerprint density at radius 2 is 1.14 bits per heavy atom. The molecule has 15 heteroatoms. The summed E-state index contributed by atoms with van der Waals surface area (Å²) in [5, 5.41) is 0.726. The Labute approximate surface area is 381 Å². The number of rotatable bonds is 14. The predicted octanol–water partition coefficient (Wildman–Crippen LogP) is 7.47. The van der Waals surface area contributed by atoms with Crippen molar-refractivity contribution < 1.29 is 51.9 Å². The molecule has 1 saturated heterocycles. The molecule has 0 aliphatic carbocycles. The van der Waals surface area contributed by atoms with Crippen molar-refractivity contribution in [2.24, 2.45) is 0 Å². The highest BCUT2D eigenvalue weighted by Gasteiger charge is 2.61. The van der Waals surface area contributed by atoms with E-state index in [2.05, 4.69) is 10.1 Å². The first-order chi connectivity index (χ1) is 32.1. The van der Waals surface area contributed by atoms with Crippen LogP contribution < -0.4 is 10.1 Å². The van der Waals surface area contributed by atoms with E-state index in [0.29, 0.717) is 22.3 Å². The van der Waals surface area contributed by atoms with Gasteiger partial charge in [0, 0.05) is 0 Å². The van der Waals surface area contributed by atoms with Crippen LogP contribution in [-0.2, 0) is 50.8 Å². The number of hydrogen-bond acceptors (Lipinski definition) is 10. The van der Waals surface area contributed by atoms with Gasteiger partial charge in [0.1, 0.15) is 24.1 Å². The van der Waals surface area contributed by atoms with Gasteiger partial charge in [-0.3, -0.25) is 19.3 Å². The highest BCUT2D eigenvalue weighted by atomic mass is 32.2. The SMILES string of the molecule is CC1=C(C(=O)OC(c2ccccc2)c2ccccc2)N2C(=O)C(NC(=O)C(C(=O)OC(c3ccccc3)c3ccccc3)c3ccc(OC(=O)OCc4ccccc4)cc3)[C@H]2S(=O)C1=[N+]=[N-]. The van der Waals surface area contributed by atoms with Crippen LogP contribution >= 0.6 is 0 Å². The number of esters is 2. The van der Waals surface area contributed by atoms with Crippen LogP contribution in [-0.4, -0.2) is 60.3 Å². The first kappa shape index (κ1) is 44.4. The number of carbonyl (C=O) groups is 5. The Morgan fingerprint density at radius 1 is 0.667 bits per heavy atom. The molecule has 2 aliphatic heterocycles. The Balaban J connectivity index is 1.07. The minimum absolute atomic E-state index is 0.0372. The molecule has 6 aromatic rings. The lowest BCUT2D eigenvalue weighted by Crippen LogP contribution is -2.74. The average molecular weight is 901 g/mol. The maximum Gasteiger partial charge on any atom is 0.514 e. The standard InChI is InChI=1S/C51H40N4O10S/c1-32-42(50(59)65-44(37-23-13-5-14-24-37)38-25-15-6-16-26-38)55-47(57)41(48(55)66(61)46(32)54-52)53-45(56)40(49(58)64-43(35-19-9-3-10-20-35)36-21-11-4-12-22-36)34-27-29-39(30-28-34)63-51(60)62-31-33-17-7-2-8-18-33/h2-30,40-41,43-44,48H,31H2,1H3,(H,53,56)/t40?,41?,48-,66?/m1/s1. The van der Waals surface area contributed by atoms with Crippen molar-refractivity contribution >= 4 is 45.8 Å². The third-order valence-electron chi connectivity index (χ3n) is 10.9. The third-order valence-corrected chi connectivity index (χ3v) is 12.6. The fraction of sp³-hybridized carbons (Fsp3) is 0.137. The normalized spacial score (nSPS) is 16.9. The van der Waals surface area contributed by atoms with Gasteiger partial charge in [0.15, 0.2) is 34.3 Å². The fourth-order valence-corrected chi connectivity index (χ4v) is 9.22. The molecule has 0 aromatic heterocycles. The van der Waals surface area contributed by atoms with Gasteiger partial charge in [-0.15, -0.1) is 0 Å². The van der Waals surface area contributed by atoms with Crippen LogP contribution in [0.4, 0.5) is 4.79 Å². The van der Waals surface area contributed by atoms with Gasteiger partial charge in [-0.1, -0.05) is 164 Å². The second-order valence-corrected chi connectivity index (χ2v) is 16.6. The third kappa shape index (κ3) is 9.48. The average Bonchev–Trinajstić information content (AvgIpc) is 3.35. The molecule has 1 fully saturated rings. The maximum absolute atomic E-state index is 14.6. The zero-order valence-electron chi connectivity index (χ0n) is 35.2. The number of nitrogens with one attached hydrogen (secondary N) is 1. The summed E-state index contributed by atoms with van der Waals surface area (Å²) in [5.74, 6) is -5.55. The zero-order chi connectivity index (χ0) is 46.2. The number of nitrogens with zero attached hydrogens (tertiary/aromatic N) is 3. The number of benzene rings is 6. The van der Waals surface area contributed by atoms with Crippen LogP contribution in [0.25, 0.3) is 5.53 Å². The van der Waals surface area contributed by atoms with Gasteiger partial charge in [-0.25, -0.2) is 13.8 Å². The van der Waals surface area contributed by atoms with E-state index >= 15 is 0 Å². The minimum atomic E-state index is -2.29. The largest absolute Gasteiger partial charge is 0.514 e. The van der Waals surface area contributed by atoms with Gasteiger partial charge in [-0.05, 0) is 52.4 Å². The monoisotopic (exact) mass is 900 g/mol. The predicted molar refractivity (Wildman–Crippen MR) is 240 cm³/mol. The lowest BCUT2D eigenvalue weighted by molar-refractivity contribution is -0.156. The molecule has 0 saturated carbocycles. The summed E-state index contributed by atoms with van der Waals surface area (Å²) >= 11 is 0. The van der Waals surface area contributed by atoms with Crippen molar-refractivity contribution in [2.75, 3.05) is 0 Å². The van der Waals surface area contributed by atoms with Gasteiger partial charge in [0.05, 0.1) is 5.57 Å².